The molecule has 0 spiro atoms. The number of hydrogen-bond acceptors (Lipinski definition) is 3. The maximum Gasteiger partial charge on any atom is 0.269 e. The zero-order chi connectivity index (χ0) is 14.5. The molecule has 1 atom stereocenters. The molecule has 4 nitrogen and oxygen atoms in total. The normalized spacial score (nSPS) is 12.6. The van der Waals surface area contributed by atoms with Crippen molar-refractivity contribution in [3.63, 3.8) is 0 Å². The van der Waals surface area contributed by atoms with E-state index in [2.05, 4.69) is 31.1 Å². The predicted molar refractivity (Wildman–Crippen MR) is 75.0 cm³/mol. The van der Waals surface area contributed by atoms with Crippen molar-refractivity contribution < 1.29 is 4.79 Å². The number of hydrogen-bond donors (Lipinski definition) is 1. The Kier molecular flexibility index (Phi) is 5.31. The summed E-state index contributed by atoms with van der Waals surface area (Å²) in [4.78, 5) is 15.7. The van der Waals surface area contributed by atoms with Gasteiger partial charge in [0.2, 0.25) is 0 Å². The molecule has 0 aromatic carbocycles. The summed E-state index contributed by atoms with van der Waals surface area (Å²) in [6, 6.07) is 5.05. The van der Waals surface area contributed by atoms with E-state index in [1.165, 1.54) is 12.3 Å². The van der Waals surface area contributed by atoms with Crippen molar-refractivity contribution in [2.75, 3.05) is 6.54 Å². The molecule has 0 bridgehead atoms. The Labute approximate surface area is 118 Å². The highest BCUT2D eigenvalue weighted by Gasteiger charge is 2.17. The lowest BCUT2D eigenvalue weighted by Gasteiger charge is -2.21. The minimum atomic E-state index is -0.274. The molecule has 19 heavy (non-hydrogen) atoms. The Morgan fingerprint density at radius 2 is 2.21 bits per heavy atom. The maximum atomic E-state index is 11.8. The molecule has 0 aliphatic carbocycles. The number of carbonyl (C=O) groups excluding carboxylic acids is 1. The van der Waals surface area contributed by atoms with Gasteiger partial charge in [0.05, 0.1) is 10.9 Å². The van der Waals surface area contributed by atoms with Gasteiger partial charge in [-0.2, -0.15) is 5.26 Å². The van der Waals surface area contributed by atoms with Crippen molar-refractivity contribution in [2.24, 2.45) is 5.41 Å². The number of carbonyl (C=O) groups is 1. The van der Waals surface area contributed by atoms with E-state index < -0.39 is 0 Å². The molecule has 1 heterocycles. The van der Waals surface area contributed by atoms with Crippen LogP contribution >= 0.6 is 11.6 Å². The summed E-state index contributed by atoms with van der Waals surface area (Å²) in [5.41, 5.74) is 0.849. The molecule has 5 heteroatoms. The standard InChI is InChI=1S/C14H18ClN3O/c1-14(2,3)6-11(15)9-18-13(19)12-5-4-10(7-16)8-17-12/h4-5,8,11H,6,9H2,1-3H3,(H,18,19). The molecule has 102 valence electrons. The van der Waals surface area contributed by atoms with Gasteiger partial charge in [0, 0.05) is 12.7 Å². The number of nitriles is 1. The summed E-state index contributed by atoms with van der Waals surface area (Å²) in [5.74, 6) is -0.274. The van der Waals surface area contributed by atoms with E-state index in [-0.39, 0.29) is 16.7 Å². The van der Waals surface area contributed by atoms with Gasteiger partial charge in [-0.15, -0.1) is 11.6 Å². The van der Waals surface area contributed by atoms with Crippen LogP contribution in [0.25, 0.3) is 0 Å². The fourth-order valence-corrected chi connectivity index (χ4v) is 2.17. The Hall–Kier alpha value is -1.60. The van der Waals surface area contributed by atoms with Crippen LogP contribution in [0.5, 0.6) is 0 Å². The lowest BCUT2D eigenvalue weighted by Crippen LogP contribution is -2.32. The molecule has 0 aliphatic rings. The van der Waals surface area contributed by atoms with E-state index in [0.29, 0.717) is 17.8 Å². The number of nitrogens with one attached hydrogen (secondary N) is 1. The van der Waals surface area contributed by atoms with Gasteiger partial charge in [0.15, 0.2) is 0 Å². The second kappa shape index (κ2) is 6.53. The first-order chi connectivity index (χ1) is 8.81. The largest absolute Gasteiger partial charge is 0.349 e. The van der Waals surface area contributed by atoms with Crippen LogP contribution in [0, 0.1) is 16.7 Å². The highest BCUT2D eigenvalue weighted by atomic mass is 35.5. The molecule has 1 unspecified atom stereocenters. The van der Waals surface area contributed by atoms with E-state index in [4.69, 9.17) is 16.9 Å². The van der Waals surface area contributed by atoms with Crippen LogP contribution in [0.15, 0.2) is 18.3 Å². The Bertz CT molecular complexity index is 471. The molecular formula is C14H18ClN3O. The lowest BCUT2D eigenvalue weighted by atomic mass is 9.90. The summed E-state index contributed by atoms with van der Waals surface area (Å²) in [6.45, 7) is 6.71. The van der Waals surface area contributed by atoms with E-state index in [1.807, 2.05) is 6.07 Å². The highest BCUT2D eigenvalue weighted by molar-refractivity contribution is 6.21. The molecule has 1 rings (SSSR count). The van der Waals surface area contributed by atoms with Gasteiger partial charge in [0.1, 0.15) is 11.8 Å². The SMILES string of the molecule is CC(C)(C)CC(Cl)CNC(=O)c1ccc(C#N)cn1. The Morgan fingerprint density at radius 1 is 1.53 bits per heavy atom. The van der Waals surface area contributed by atoms with E-state index >= 15 is 0 Å². The molecule has 1 aromatic rings. The quantitative estimate of drug-likeness (QED) is 0.862. The van der Waals surface area contributed by atoms with Crippen molar-refractivity contribution in [3.05, 3.63) is 29.6 Å². The van der Waals surface area contributed by atoms with E-state index in [9.17, 15) is 4.79 Å². The van der Waals surface area contributed by atoms with Crippen LogP contribution in [0.3, 0.4) is 0 Å². The van der Waals surface area contributed by atoms with Gasteiger partial charge in [-0.25, -0.2) is 4.98 Å². The molecular weight excluding hydrogens is 262 g/mol. The smallest absolute Gasteiger partial charge is 0.269 e. The molecule has 1 aromatic heterocycles. The fraction of sp³-hybridized carbons (Fsp3) is 0.500. The molecule has 1 N–H and O–H groups in total. The second-order valence-corrected chi connectivity index (χ2v) is 6.23. The first-order valence-electron chi connectivity index (χ1n) is 6.10. The average molecular weight is 280 g/mol. The number of aromatic nitrogens is 1. The van der Waals surface area contributed by atoms with Gasteiger partial charge in [-0.3, -0.25) is 4.79 Å². The van der Waals surface area contributed by atoms with Gasteiger partial charge < -0.3 is 5.32 Å². The summed E-state index contributed by atoms with van der Waals surface area (Å²) in [7, 11) is 0. The molecule has 0 saturated carbocycles. The lowest BCUT2D eigenvalue weighted by molar-refractivity contribution is 0.0947. The highest BCUT2D eigenvalue weighted by Crippen LogP contribution is 2.23. The monoisotopic (exact) mass is 279 g/mol. The minimum Gasteiger partial charge on any atom is -0.349 e. The number of nitrogens with zero attached hydrogens (tertiary/aromatic N) is 2. The van der Waals surface area contributed by atoms with Crippen LogP contribution in [-0.2, 0) is 0 Å². The summed E-state index contributed by atoms with van der Waals surface area (Å²) in [5, 5.41) is 11.3. The topological polar surface area (TPSA) is 65.8 Å². The Balaban J connectivity index is 2.49. The van der Waals surface area contributed by atoms with Crippen LogP contribution < -0.4 is 5.32 Å². The first-order valence-corrected chi connectivity index (χ1v) is 6.54. The number of pyridine rings is 1. The predicted octanol–water partition coefficient (Wildman–Crippen LogP) is 2.73. The zero-order valence-corrected chi connectivity index (χ0v) is 12.2. The van der Waals surface area contributed by atoms with Crippen molar-refractivity contribution in [2.45, 2.75) is 32.6 Å². The van der Waals surface area contributed by atoms with Crippen LogP contribution in [0.1, 0.15) is 43.2 Å². The third kappa shape index (κ3) is 5.71. The maximum absolute atomic E-state index is 11.8. The summed E-state index contributed by atoms with van der Waals surface area (Å²) in [6.07, 6.45) is 2.19. The van der Waals surface area contributed by atoms with Crippen LogP contribution in [0.2, 0.25) is 0 Å². The third-order valence-electron chi connectivity index (χ3n) is 2.44. The van der Waals surface area contributed by atoms with Gasteiger partial charge in [0.25, 0.3) is 5.91 Å². The van der Waals surface area contributed by atoms with Gasteiger partial charge >= 0.3 is 0 Å². The molecule has 0 aliphatic heterocycles. The van der Waals surface area contributed by atoms with E-state index in [1.54, 1.807) is 6.07 Å². The first kappa shape index (κ1) is 15.5. The third-order valence-corrected chi connectivity index (χ3v) is 2.75. The van der Waals surface area contributed by atoms with Crippen molar-refractivity contribution in [1.82, 2.24) is 10.3 Å². The van der Waals surface area contributed by atoms with Crippen molar-refractivity contribution in [1.29, 1.82) is 5.26 Å². The molecule has 1 amide bonds. The summed E-state index contributed by atoms with van der Waals surface area (Å²) >= 11 is 6.17. The summed E-state index contributed by atoms with van der Waals surface area (Å²) < 4.78 is 0. The molecule has 0 fully saturated rings. The molecule has 0 saturated heterocycles. The average Bonchev–Trinajstić information content (AvgIpc) is 2.34. The van der Waals surface area contributed by atoms with Crippen LogP contribution in [0.4, 0.5) is 0 Å². The van der Waals surface area contributed by atoms with Crippen molar-refractivity contribution >= 4 is 17.5 Å². The fourth-order valence-electron chi connectivity index (χ4n) is 1.62. The number of amides is 1. The molecule has 0 radical (unpaired) electrons. The van der Waals surface area contributed by atoms with Gasteiger partial charge in [-0.1, -0.05) is 20.8 Å². The van der Waals surface area contributed by atoms with Crippen LogP contribution in [-0.4, -0.2) is 22.8 Å². The zero-order valence-electron chi connectivity index (χ0n) is 11.4. The Morgan fingerprint density at radius 3 is 2.68 bits per heavy atom. The number of halogens is 1. The minimum absolute atomic E-state index is 0.109. The number of alkyl halides is 1. The van der Waals surface area contributed by atoms with E-state index in [0.717, 1.165) is 6.42 Å². The number of rotatable bonds is 4. The van der Waals surface area contributed by atoms with Gasteiger partial charge in [-0.05, 0) is 24.0 Å². The second-order valence-electron chi connectivity index (χ2n) is 5.62. The van der Waals surface area contributed by atoms with Crippen molar-refractivity contribution in [3.8, 4) is 6.07 Å².